The lowest BCUT2D eigenvalue weighted by Crippen LogP contribution is -1.93. The van der Waals surface area contributed by atoms with E-state index in [9.17, 15) is 4.79 Å². The summed E-state index contributed by atoms with van der Waals surface area (Å²) in [6.45, 7) is 0.523. The van der Waals surface area contributed by atoms with Gasteiger partial charge in [-0.25, -0.2) is 0 Å². The van der Waals surface area contributed by atoms with Crippen molar-refractivity contribution in [3.05, 3.63) is 0 Å². The molecule has 0 rings (SSSR count). The zero-order valence-electron chi connectivity index (χ0n) is 7.51. The van der Waals surface area contributed by atoms with Gasteiger partial charge in [0.25, 0.3) is 0 Å². The van der Waals surface area contributed by atoms with Gasteiger partial charge in [0, 0.05) is 13.0 Å². The van der Waals surface area contributed by atoms with E-state index in [1.165, 1.54) is 0 Å². The quantitative estimate of drug-likeness (QED) is 0.570. The minimum Gasteiger partial charge on any atom is -0.481 e. The van der Waals surface area contributed by atoms with E-state index in [4.69, 9.17) is 10.8 Å². The fourth-order valence-corrected chi connectivity index (χ4v) is 1.11. The number of nitrogens with one attached hydrogen (secondary N) is 1. The van der Waals surface area contributed by atoms with Crippen molar-refractivity contribution in [1.82, 2.24) is 5.73 Å². The molecular weight excluding hydrogens is 154 g/mol. The summed E-state index contributed by atoms with van der Waals surface area (Å²) in [6.07, 6.45) is 6.50. The third kappa shape index (κ3) is 9.43. The second-order valence-corrected chi connectivity index (χ2v) is 3.02. The Hall–Kier alpha value is -0.570. The highest BCUT2D eigenvalue weighted by Gasteiger charge is 1.95. The molecule has 0 aliphatic rings. The summed E-state index contributed by atoms with van der Waals surface area (Å²) < 4.78 is 0. The summed E-state index contributed by atoms with van der Waals surface area (Å²) in [5, 5.41) is 8.33. The van der Waals surface area contributed by atoms with Crippen molar-refractivity contribution in [3.63, 3.8) is 0 Å². The first-order valence-electron chi connectivity index (χ1n) is 4.63. The number of aliphatic carboxylic acids is 1. The number of unbranched alkanes of at least 4 members (excludes halogenated alkanes) is 5. The van der Waals surface area contributed by atoms with Crippen LogP contribution in [0.4, 0.5) is 0 Å². The van der Waals surface area contributed by atoms with Crippen LogP contribution in [0.2, 0.25) is 0 Å². The highest BCUT2D eigenvalue weighted by Crippen LogP contribution is 2.06. The predicted molar refractivity (Wildman–Crippen MR) is 47.9 cm³/mol. The SMILES string of the molecule is [NH]CCCCCCCCC(=O)O. The van der Waals surface area contributed by atoms with Crippen molar-refractivity contribution >= 4 is 5.97 Å². The molecule has 1 radical (unpaired) electrons. The van der Waals surface area contributed by atoms with Crippen LogP contribution in [-0.4, -0.2) is 17.6 Å². The van der Waals surface area contributed by atoms with E-state index < -0.39 is 5.97 Å². The molecule has 0 unspecified atom stereocenters. The lowest BCUT2D eigenvalue weighted by atomic mass is 10.1. The Kier molecular flexibility index (Phi) is 8.12. The second kappa shape index (κ2) is 8.53. The zero-order valence-corrected chi connectivity index (χ0v) is 7.51. The highest BCUT2D eigenvalue weighted by atomic mass is 16.4. The molecule has 0 aliphatic carbocycles. The molecule has 0 aromatic carbocycles. The largest absolute Gasteiger partial charge is 0.481 e. The molecule has 0 atom stereocenters. The molecule has 0 aliphatic heterocycles. The second-order valence-electron chi connectivity index (χ2n) is 3.02. The molecule has 0 fully saturated rings. The maximum Gasteiger partial charge on any atom is 0.303 e. The first-order chi connectivity index (χ1) is 5.77. The summed E-state index contributed by atoms with van der Waals surface area (Å²) in [5.74, 6) is -0.693. The van der Waals surface area contributed by atoms with Crippen LogP contribution in [0.3, 0.4) is 0 Å². The fraction of sp³-hybridized carbons (Fsp3) is 0.889. The van der Waals surface area contributed by atoms with Gasteiger partial charge in [-0.15, -0.1) is 0 Å². The van der Waals surface area contributed by atoms with E-state index in [-0.39, 0.29) is 0 Å². The molecule has 0 saturated carbocycles. The first-order valence-corrected chi connectivity index (χ1v) is 4.63. The van der Waals surface area contributed by atoms with Gasteiger partial charge in [-0.05, 0) is 12.8 Å². The van der Waals surface area contributed by atoms with Crippen LogP contribution in [0.1, 0.15) is 44.9 Å². The van der Waals surface area contributed by atoms with Crippen LogP contribution >= 0.6 is 0 Å². The lowest BCUT2D eigenvalue weighted by molar-refractivity contribution is -0.137. The van der Waals surface area contributed by atoms with Crippen molar-refractivity contribution in [2.24, 2.45) is 0 Å². The Morgan fingerprint density at radius 2 is 1.50 bits per heavy atom. The minimum absolute atomic E-state index is 0.304. The predicted octanol–water partition coefficient (Wildman–Crippen LogP) is 2.08. The molecule has 3 nitrogen and oxygen atoms in total. The Labute approximate surface area is 74.0 Å². The van der Waals surface area contributed by atoms with Crippen LogP contribution in [0.5, 0.6) is 0 Å². The molecule has 2 N–H and O–H groups in total. The van der Waals surface area contributed by atoms with Crippen molar-refractivity contribution in [2.75, 3.05) is 6.54 Å². The van der Waals surface area contributed by atoms with Gasteiger partial charge in [-0.1, -0.05) is 25.7 Å². The Bertz CT molecular complexity index is 115. The number of hydrogen-bond donors (Lipinski definition) is 1. The summed E-state index contributed by atoms with van der Waals surface area (Å²) in [5.41, 5.74) is 6.90. The van der Waals surface area contributed by atoms with Gasteiger partial charge in [0.15, 0.2) is 0 Å². The van der Waals surface area contributed by atoms with E-state index in [0.717, 1.165) is 38.5 Å². The van der Waals surface area contributed by atoms with Gasteiger partial charge in [0.2, 0.25) is 0 Å². The van der Waals surface area contributed by atoms with E-state index in [1.54, 1.807) is 0 Å². The van der Waals surface area contributed by atoms with E-state index in [2.05, 4.69) is 0 Å². The molecule has 0 heterocycles. The lowest BCUT2D eigenvalue weighted by Gasteiger charge is -1.98. The maximum absolute atomic E-state index is 10.1. The van der Waals surface area contributed by atoms with Gasteiger partial charge in [-0.2, -0.15) is 0 Å². The third-order valence-corrected chi connectivity index (χ3v) is 1.82. The normalized spacial score (nSPS) is 10.1. The van der Waals surface area contributed by atoms with Gasteiger partial charge in [0.1, 0.15) is 0 Å². The average Bonchev–Trinajstić information content (AvgIpc) is 2.02. The number of carboxylic acids is 1. The number of hydrogen-bond acceptors (Lipinski definition) is 1. The van der Waals surface area contributed by atoms with Gasteiger partial charge in [0.05, 0.1) is 0 Å². The third-order valence-electron chi connectivity index (χ3n) is 1.82. The summed E-state index contributed by atoms with van der Waals surface area (Å²) in [4.78, 5) is 10.1. The smallest absolute Gasteiger partial charge is 0.303 e. The van der Waals surface area contributed by atoms with Crippen LogP contribution in [0, 0.1) is 0 Å². The monoisotopic (exact) mass is 172 g/mol. The van der Waals surface area contributed by atoms with Crippen molar-refractivity contribution in [1.29, 1.82) is 0 Å². The topological polar surface area (TPSA) is 61.1 Å². The van der Waals surface area contributed by atoms with Gasteiger partial charge < -0.3 is 5.11 Å². The molecule has 0 aromatic heterocycles. The molecule has 0 amide bonds. The number of carbonyl (C=O) groups is 1. The van der Waals surface area contributed by atoms with Crippen molar-refractivity contribution in [2.45, 2.75) is 44.9 Å². The highest BCUT2D eigenvalue weighted by molar-refractivity contribution is 5.66. The molecule has 3 heteroatoms. The van der Waals surface area contributed by atoms with E-state index in [0.29, 0.717) is 13.0 Å². The number of carboxylic acid groups (broad SMARTS) is 1. The Morgan fingerprint density at radius 1 is 1.00 bits per heavy atom. The average molecular weight is 172 g/mol. The van der Waals surface area contributed by atoms with Gasteiger partial charge >= 0.3 is 5.97 Å². The van der Waals surface area contributed by atoms with Crippen LogP contribution < -0.4 is 5.73 Å². The standard InChI is InChI=1S/C9H18NO2/c10-8-6-4-2-1-3-5-7-9(11)12/h10H,1-8H2,(H,11,12). The molecule has 0 bridgehead atoms. The fourth-order valence-electron chi connectivity index (χ4n) is 1.11. The minimum atomic E-state index is -0.693. The maximum atomic E-state index is 10.1. The summed E-state index contributed by atoms with van der Waals surface area (Å²) in [7, 11) is 0. The van der Waals surface area contributed by atoms with E-state index in [1.807, 2.05) is 0 Å². The molecule has 0 aromatic rings. The summed E-state index contributed by atoms with van der Waals surface area (Å²) in [6, 6.07) is 0. The Balaban J connectivity index is 2.86. The van der Waals surface area contributed by atoms with E-state index >= 15 is 0 Å². The molecule has 71 valence electrons. The molecule has 0 saturated heterocycles. The van der Waals surface area contributed by atoms with Crippen LogP contribution in [0.15, 0.2) is 0 Å². The number of rotatable bonds is 8. The van der Waals surface area contributed by atoms with Gasteiger partial charge in [-0.3, -0.25) is 10.5 Å². The first kappa shape index (κ1) is 11.4. The van der Waals surface area contributed by atoms with Crippen molar-refractivity contribution in [3.8, 4) is 0 Å². The van der Waals surface area contributed by atoms with Crippen molar-refractivity contribution < 1.29 is 9.90 Å². The zero-order chi connectivity index (χ0) is 9.23. The molecule has 12 heavy (non-hydrogen) atoms. The molecule has 0 spiro atoms. The Morgan fingerprint density at radius 3 is 2.00 bits per heavy atom. The molecular formula is C9H18NO2. The van der Waals surface area contributed by atoms with Crippen LogP contribution in [0.25, 0.3) is 0 Å². The summed E-state index contributed by atoms with van der Waals surface area (Å²) >= 11 is 0. The van der Waals surface area contributed by atoms with Crippen LogP contribution in [-0.2, 0) is 4.79 Å².